The molecule has 39 heavy (non-hydrogen) atoms. The Morgan fingerprint density at radius 3 is 2.67 bits per heavy atom. The Labute approximate surface area is 223 Å². The van der Waals surface area contributed by atoms with Gasteiger partial charge in [-0.05, 0) is 50.3 Å². The monoisotopic (exact) mass is 561 g/mol. The Morgan fingerprint density at radius 1 is 1.23 bits per heavy atom. The first-order valence-corrected chi connectivity index (χ1v) is 12.5. The molecule has 0 spiro atoms. The second kappa shape index (κ2) is 15.4. The molecule has 0 saturated heterocycles. The van der Waals surface area contributed by atoms with Gasteiger partial charge in [0.1, 0.15) is 31.2 Å². The lowest BCUT2D eigenvalue weighted by molar-refractivity contribution is -0.759. The topological polar surface area (TPSA) is 149 Å². The van der Waals surface area contributed by atoms with Crippen LogP contribution >= 0.6 is 0 Å². The predicted molar refractivity (Wildman–Crippen MR) is 132 cm³/mol. The lowest BCUT2D eigenvalue weighted by Crippen LogP contribution is -2.21. The summed E-state index contributed by atoms with van der Waals surface area (Å²) in [6.07, 6.45) is 0.379. The SMILES string of the molecule is CC(CO[N+](=O)[O-])OC(=O)CCC/C=C\C[C@@H]1[C@@H](/C=C/[C@@H](O)COc2cccc(C(F)(F)F)c2)[C@H](O)C[C@@H]1O. The van der Waals surface area contributed by atoms with E-state index in [0.717, 1.165) is 12.1 Å². The van der Waals surface area contributed by atoms with Crippen LogP contribution < -0.4 is 4.74 Å². The van der Waals surface area contributed by atoms with Crippen molar-refractivity contribution in [1.82, 2.24) is 0 Å². The Morgan fingerprint density at radius 2 is 1.97 bits per heavy atom. The van der Waals surface area contributed by atoms with Crippen LogP contribution in [0.3, 0.4) is 0 Å². The number of nitrogens with zero attached hydrogens (tertiary/aromatic N) is 1. The Balaban J connectivity index is 1.77. The molecule has 10 nitrogen and oxygen atoms in total. The molecule has 1 aromatic rings. The van der Waals surface area contributed by atoms with Crippen LogP contribution in [0.4, 0.5) is 13.2 Å². The highest BCUT2D eigenvalue weighted by atomic mass is 19.4. The Bertz CT molecular complexity index is 986. The van der Waals surface area contributed by atoms with Gasteiger partial charge >= 0.3 is 12.1 Å². The first kappa shape index (κ1) is 32.1. The molecule has 0 amide bonds. The zero-order valence-corrected chi connectivity index (χ0v) is 21.4. The van der Waals surface area contributed by atoms with Gasteiger partial charge in [0.25, 0.3) is 5.09 Å². The number of aliphatic hydroxyl groups is 3. The number of ether oxygens (including phenoxy) is 2. The van der Waals surface area contributed by atoms with Crippen LogP contribution in [0, 0.1) is 22.0 Å². The number of carbonyl (C=O) groups excluding carboxylic acids is 1. The van der Waals surface area contributed by atoms with Crippen molar-refractivity contribution in [2.75, 3.05) is 13.2 Å². The lowest BCUT2D eigenvalue weighted by Gasteiger charge is -2.19. The minimum absolute atomic E-state index is 0.0387. The molecular weight excluding hydrogens is 527 g/mol. The molecule has 1 aromatic carbocycles. The number of carbonyl (C=O) groups is 1. The summed E-state index contributed by atoms with van der Waals surface area (Å²) in [5.41, 5.74) is -0.862. The summed E-state index contributed by atoms with van der Waals surface area (Å²) in [6, 6.07) is 4.32. The van der Waals surface area contributed by atoms with Crippen LogP contribution in [-0.4, -0.2) is 64.0 Å². The molecule has 3 N–H and O–H groups in total. The van der Waals surface area contributed by atoms with E-state index in [4.69, 9.17) is 9.47 Å². The summed E-state index contributed by atoms with van der Waals surface area (Å²) in [6.45, 7) is 0.845. The molecule has 0 bridgehead atoms. The van der Waals surface area contributed by atoms with Crippen LogP contribution in [0.1, 0.15) is 44.6 Å². The van der Waals surface area contributed by atoms with Crippen molar-refractivity contribution in [3.05, 3.63) is 64.2 Å². The predicted octanol–water partition coefficient (Wildman–Crippen LogP) is 3.62. The number of esters is 1. The third-order valence-corrected chi connectivity index (χ3v) is 6.13. The molecule has 1 aliphatic carbocycles. The number of unbranched alkanes of at least 4 members (excludes halogenated alkanes) is 1. The van der Waals surface area contributed by atoms with Gasteiger partial charge in [-0.1, -0.05) is 30.4 Å². The van der Waals surface area contributed by atoms with E-state index in [1.165, 1.54) is 25.1 Å². The number of hydrogen-bond donors (Lipinski definition) is 3. The van der Waals surface area contributed by atoms with Crippen molar-refractivity contribution in [3.8, 4) is 5.75 Å². The molecule has 218 valence electrons. The van der Waals surface area contributed by atoms with E-state index in [-0.39, 0.29) is 37.7 Å². The maximum absolute atomic E-state index is 12.8. The van der Waals surface area contributed by atoms with Crippen LogP contribution in [-0.2, 0) is 20.5 Å². The summed E-state index contributed by atoms with van der Waals surface area (Å²) in [7, 11) is 0. The Hall–Kier alpha value is -3.16. The average Bonchev–Trinajstić information content (AvgIpc) is 3.13. The highest BCUT2D eigenvalue weighted by Gasteiger charge is 2.39. The second-order valence-corrected chi connectivity index (χ2v) is 9.32. The van der Waals surface area contributed by atoms with E-state index in [1.807, 2.05) is 12.2 Å². The molecular formula is C26H34F3NO9. The van der Waals surface area contributed by atoms with Crippen molar-refractivity contribution >= 4 is 5.97 Å². The number of aliphatic hydroxyl groups excluding tert-OH is 3. The van der Waals surface area contributed by atoms with E-state index in [2.05, 4.69) is 4.84 Å². The summed E-state index contributed by atoms with van der Waals surface area (Å²) in [4.78, 5) is 26.1. The molecule has 2 rings (SSSR count). The highest BCUT2D eigenvalue weighted by molar-refractivity contribution is 5.69. The second-order valence-electron chi connectivity index (χ2n) is 9.32. The van der Waals surface area contributed by atoms with E-state index >= 15 is 0 Å². The van der Waals surface area contributed by atoms with E-state index in [1.54, 1.807) is 6.08 Å². The van der Waals surface area contributed by atoms with Gasteiger partial charge in [-0.3, -0.25) is 4.79 Å². The number of halogens is 3. The summed E-state index contributed by atoms with van der Waals surface area (Å²) in [5.74, 6) is -1.32. The summed E-state index contributed by atoms with van der Waals surface area (Å²) < 4.78 is 48.7. The molecule has 0 aliphatic heterocycles. The van der Waals surface area contributed by atoms with E-state index in [9.17, 15) is 43.4 Å². The number of alkyl halides is 3. The number of rotatable bonds is 15. The number of allylic oxidation sites excluding steroid dienone is 2. The third kappa shape index (κ3) is 11.6. The quantitative estimate of drug-likeness (QED) is 0.0960. The minimum atomic E-state index is -4.51. The van der Waals surface area contributed by atoms with Gasteiger partial charge < -0.3 is 29.6 Å². The number of hydrogen-bond acceptors (Lipinski definition) is 9. The van der Waals surface area contributed by atoms with Crippen LogP contribution in [0.5, 0.6) is 5.75 Å². The molecule has 1 unspecified atom stereocenters. The maximum atomic E-state index is 12.8. The van der Waals surface area contributed by atoms with E-state index in [0.29, 0.717) is 19.3 Å². The van der Waals surface area contributed by atoms with Gasteiger partial charge in [0.2, 0.25) is 0 Å². The molecule has 0 heterocycles. The fourth-order valence-electron chi connectivity index (χ4n) is 4.18. The van der Waals surface area contributed by atoms with Gasteiger partial charge in [0.05, 0.1) is 17.8 Å². The van der Waals surface area contributed by atoms with Crippen molar-refractivity contribution < 1.29 is 52.7 Å². The van der Waals surface area contributed by atoms with Crippen molar-refractivity contribution in [2.24, 2.45) is 11.8 Å². The lowest BCUT2D eigenvalue weighted by atomic mass is 9.89. The van der Waals surface area contributed by atoms with Crippen molar-refractivity contribution in [2.45, 2.75) is 69.6 Å². The Kier molecular flexibility index (Phi) is 12.7. The molecule has 1 aliphatic rings. The highest BCUT2D eigenvalue weighted by Crippen LogP contribution is 2.36. The fourth-order valence-corrected chi connectivity index (χ4v) is 4.18. The molecule has 0 aromatic heterocycles. The summed E-state index contributed by atoms with van der Waals surface area (Å²) in [5, 5.41) is 40.1. The average molecular weight is 562 g/mol. The zero-order chi connectivity index (χ0) is 29.0. The van der Waals surface area contributed by atoms with Crippen LogP contribution in [0.25, 0.3) is 0 Å². The van der Waals surface area contributed by atoms with Crippen molar-refractivity contribution in [1.29, 1.82) is 0 Å². The van der Waals surface area contributed by atoms with Crippen LogP contribution in [0.2, 0.25) is 0 Å². The van der Waals surface area contributed by atoms with Gasteiger partial charge in [-0.25, -0.2) is 0 Å². The van der Waals surface area contributed by atoms with Crippen molar-refractivity contribution in [3.63, 3.8) is 0 Å². The summed E-state index contributed by atoms with van der Waals surface area (Å²) >= 11 is 0. The molecule has 6 atom stereocenters. The minimum Gasteiger partial charge on any atom is -0.491 e. The van der Waals surface area contributed by atoms with E-state index < -0.39 is 53.1 Å². The molecule has 13 heteroatoms. The van der Waals surface area contributed by atoms with Gasteiger partial charge in [-0.2, -0.15) is 13.2 Å². The van der Waals surface area contributed by atoms with Gasteiger partial charge in [-0.15, -0.1) is 10.1 Å². The standard InChI is InChI=1S/C26H34F3NO9/c1-17(15-38-30(35)36)39-25(34)10-5-3-2-4-9-21-22(24(33)14-23(21)32)12-11-19(31)16-37-20-8-6-7-18(13-20)26(27,28)29/h2,4,6-8,11-13,17,19,21-24,31-33H,3,5,9-10,14-16H2,1H3/b4-2-,12-11+/t17?,19-,21-,22-,23+,24-/m1/s1. The first-order valence-electron chi connectivity index (χ1n) is 12.5. The maximum Gasteiger partial charge on any atom is 0.416 e. The van der Waals surface area contributed by atoms with Gasteiger partial charge in [0, 0.05) is 18.8 Å². The largest absolute Gasteiger partial charge is 0.491 e. The molecule has 1 saturated carbocycles. The molecule has 0 radical (unpaired) electrons. The smallest absolute Gasteiger partial charge is 0.416 e. The normalized spacial score (nSPS) is 23.2. The van der Waals surface area contributed by atoms with Gasteiger partial charge in [0.15, 0.2) is 0 Å². The zero-order valence-electron chi connectivity index (χ0n) is 21.4. The molecule has 1 fully saturated rings. The third-order valence-electron chi connectivity index (χ3n) is 6.13. The fraction of sp³-hybridized carbons (Fsp3) is 0.577. The number of benzene rings is 1. The van der Waals surface area contributed by atoms with Crippen LogP contribution in [0.15, 0.2) is 48.6 Å². The first-order chi connectivity index (χ1) is 18.4.